The minimum atomic E-state index is -4.00. The first kappa shape index (κ1) is 33.0. The molecule has 10 nitrogen and oxygen atoms in total. The van der Waals surface area contributed by atoms with E-state index >= 15 is 0 Å². The third kappa shape index (κ3) is 9.76. The first-order valence-electron chi connectivity index (χ1n) is 13.9. The summed E-state index contributed by atoms with van der Waals surface area (Å²) in [6.45, 7) is 20.5. The average Bonchev–Trinajstić information content (AvgIpc) is 3.23. The largest absolute Gasteiger partial charge is 0.354 e. The molecule has 1 fully saturated rings. The van der Waals surface area contributed by atoms with E-state index in [4.69, 9.17) is 14.5 Å². The molecular weight excluding hydrogens is 558 g/mol. The van der Waals surface area contributed by atoms with Gasteiger partial charge in [0, 0.05) is 55.9 Å². The molecule has 0 unspecified atom stereocenters. The monoisotopic (exact) mass is 603 g/mol. The summed E-state index contributed by atoms with van der Waals surface area (Å²) >= 11 is 1.80. The highest BCUT2D eigenvalue weighted by Gasteiger charge is 2.26. The zero-order valence-corrected chi connectivity index (χ0v) is 27.3. The molecular formula is C29H45N7O3S2. The van der Waals surface area contributed by atoms with Gasteiger partial charge in [-0.1, -0.05) is 71.5 Å². The van der Waals surface area contributed by atoms with Gasteiger partial charge in [-0.15, -0.1) is 10.2 Å². The molecule has 0 aliphatic carbocycles. The van der Waals surface area contributed by atoms with Crippen molar-refractivity contribution in [3.8, 4) is 0 Å². The van der Waals surface area contributed by atoms with Crippen molar-refractivity contribution in [1.82, 2.24) is 29.6 Å². The Morgan fingerprint density at radius 1 is 0.927 bits per heavy atom. The molecule has 1 N–H and O–H groups in total. The van der Waals surface area contributed by atoms with E-state index in [2.05, 4.69) is 72.2 Å². The van der Waals surface area contributed by atoms with E-state index < -0.39 is 10.1 Å². The van der Waals surface area contributed by atoms with Gasteiger partial charge in [-0.05, 0) is 32.0 Å². The van der Waals surface area contributed by atoms with Crippen molar-refractivity contribution >= 4 is 27.7 Å². The molecule has 3 heterocycles. The van der Waals surface area contributed by atoms with E-state index in [-0.39, 0.29) is 15.7 Å². The second-order valence-corrected chi connectivity index (χ2v) is 14.8. The first-order valence-corrected chi connectivity index (χ1v) is 16.4. The predicted molar refractivity (Wildman–Crippen MR) is 165 cm³/mol. The van der Waals surface area contributed by atoms with Gasteiger partial charge in [0.15, 0.2) is 5.16 Å². The zero-order valence-electron chi connectivity index (χ0n) is 25.6. The smallest absolute Gasteiger partial charge is 0.294 e. The molecule has 12 heteroatoms. The summed E-state index contributed by atoms with van der Waals surface area (Å²) in [5.41, 5.74) is 1.08. The number of nitrogens with zero attached hydrogens (tertiary/aromatic N) is 7. The molecule has 0 spiro atoms. The number of aromatic nitrogens is 5. The standard InChI is InChI=1S/C23H39N7S.C6H6O3S/c1-17-26-27-21(28(17)8)31-15-9-10-29-11-13-30(14-12-29)19-16-18(22(2,3)4)24-20(25-19)23(5,6)7;7-10(8,9)6-4-2-1-3-5-6/h16H,9-15H2,1-8H3;1-5H,(H,7,8,9). The van der Waals surface area contributed by atoms with Crippen LogP contribution in [0.4, 0.5) is 5.82 Å². The van der Waals surface area contributed by atoms with E-state index in [9.17, 15) is 8.42 Å². The normalized spacial score (nSPS) is 15.0. The Morgan fingerprint density at radius 3 is 2.05 bits per heavy atom. The van der Waals surface area contributed by atoms with E-state index in [0.29, 0.717) is 0 Å². The number of piperazine rings is 1. The zero-order chi connectivity index (χ0) is 30.4. The molecule has 1 saturated heterocycles. The third-order valence-corrected chi connectivity index (χ3v) is 8.77. The molecule has 0 radical (unpaired) electrons. The summed E-state index contributed by atoms with van der Waals surface area (Å²) in [6, 6.07) is 9.62. The maximum Gasteiger partial charge on any atom is 0.294 e. The van der Waals surface area contributed by atoms with Crippen LogP contribution in [0.5, 0.6) is 0 Å². The quantitative estimate of drug-likeness (QED) is 0.230. The van der Waals surface area contributed by atoms with Crippen molar-refractivity contribution in [2.45, 2.75) is 75.8 Å². The molecule has 0 bridgehead atoms. The van der Waals surface area contributed by atoms with Crippen LogP contribution in [0.1, 0.15) is 65.3 Å². The molecule has 0 atom stereocenters. The van der Waals surface area contributed by atoms with Crippen molar-refractivity contribution < 1.29 is 13.0 Å². The van der Waals surface area contributed by atoms with Crippen LogP contribution in [-0.2, 0) is 28.0 Å². The lowest BCUT2D eigenvalue weighted by Crippen LogP contribution is -2.47. The van der Waals surface area contributed by atoms with Crippen molar-refractivity contribution in [3.05, 3.63) is 53.7 Å². The number of hydrogen-bond acceptors (Lipinski definition) is 9. The maximum absolute atomic E-state index is 10.4. The van der Waals surface area contributed by atoms with Gasteiger partial charge < -0.3 is 9.47 Å². The van der Waals surface area contributed by atoms with E-state index in [1.807, 2.05) is 14.0 Å². The number of anilines is 1. The van der Waals surface area contributed by atoms with E-state index in [1.165, 1.54) is 12.1 Å². The Kier molecular flexibility index (Phi) is 11.0. The summed E-state index contributed by atoms with van der Waals surface area (Å²) in [5.74, 6) is 4.06. The van der Waals surface area contributed by atoms with Crippen LogP contribution >= 0.6 is 11.8 Å². The van der Waals surface area contributed by atoms with Crippen molar-refractivity contribution in [1.29, 1.82) is 0 Å². The maximum atomic E-state index is 10.4. The second kappa shape index (κ2) is 13.6. The summed E-state index contributed by atoms with van der Waals surface area (Å²) < 4.78 is 31.3. The molecule has 1 aliphatic rings. The SMILES string of the molecule is Cc1nnc(SCCCN2CCN(c3cc(C(C)(C)C)nc(C(C)(C)C)n3)CC2)n1C.O=S(=O)(O)c1ccccc1. The van der Waals surface area contributed by atoms with Gasteiger partial charge in [-0.3, -0.25) is 9.45 Å². The van der Waals surface area contributed by atoms with Gasteiger partial charge >= 0.3 is 0 Å². The van der Waals surface area contributed by atoms with Crippen LogP contribution in [0.15, 0.2) is 46.5 Å². The number of thioether (sulfide) groups is 1. The molecule has 3 aromatic rings. The highest BCUT2D eigenvalue weighted by atomic mass is 32.2. The van der Waals surface area contributed by atoms with Gasteiger partial charge in [0.1, 0.15) is 17.5 Å². The van der Waals surface area contributed by atoms with Crippen LogP contribution in [0, 0.1) is 6.92 Å². The molecule has 1 aromatic carbocycles. The number of hydrogen-bond donors (Lipinski definition) is 1. The number of benzene rings is 1. The highest BCUT2D eigenvalue weighted by molar-refractivity contribution is 7.99. The fourth-order valence-electron chi connectivity index (χ4n) is 4.07. The van der Waals surface area contributed by atoms with Gasteiger partial charge in [0.05, 0.1) is 10.6 Å². The molecule has 2 aromatic heterocycles. The van der Waals surface area contributed by atoms with Crippen molar-refractivity contribution in [3.63, 3.8) is 0 Å². The van der Waals surface area contributed by atoms with Gasteiger partial charge in [0.2, 0.25) is 0 Å². The molecule has 0 amide bonds. The first-order chi connectivity index (χ1) is 19.1. The van der Waals surface area contributed by atoms with E-state index in [0.717, 1.165) is 73.2 Å². The lowest BCUT2D eigenvalue weighted by atomic mass is 9.90. The lowest BCUT2D eigenvalue weighted by Gasteiger charge is -2.36. The fraction of sp³-hybridized carbons (Fsp3) is 0.586. The topological polar surface area (TPSA) is 117 Å². The number of rotatable bonds is 7. The molecule has 0 saturated carbocycles. The third-order valence-electron chi connectivity index (χ3n) is 6.79. The van der Waals surface area contributed by atoms with E-state index in [1.54, 1.807) is 30.0 Å². The Morgan fingerprint density at radius 2 is 1.56 bits per heavy atom. The predicted octanol–water partition coefficient (Wildman–Crippen LogP) is 4.75. The highest BCUT2D eigenvalue weighted by Crippen LogP contribution is 2.28. The Hall–Kier alpha value is -2.54. The van der Waals surface area contributed by atoms with Gasteiger partial charge in [-0.2, -0.15) is 8.42 Å². The summed E-state index contributed by atoms with van der Waals surface area (Å²) in [5, 5.41) is 9.37. The minimum absolute atomic E-state index is 0.0123. The molecule has 1 aliphatic heterocycles. The van der Waals surface area contributed by atoms with Crippen molar-refractivity contribution in [2.75, 3.05) is 43.4 Å². The summed E-state index contributed by atoms with van der Waals surface area (Å²) in [7, 11) is -1.97. The van der Waals surface area contributed by atoms with Crippen LogP contribution in [-0.4, -0.2) is 81.1 Å². The van der Waals surface area contributed by atoms with Crippen molar-refractivity contribution in [2.24, 2.45) is 7.05 Å². The van der Waals surface area contributed by atoms with Gasteiger partial charge in [0.25, 0.3) is 10.1 Å². The lowest BCUT2D eigenvalue weighted by molar-refractivity contribution is 0.258. The summed E-state index contributed by atoms with van der Waals surface area (Å²) in [4.78, 5) is 14.8. The van der Waals surface area contributed by atoms with Gasteiger partial charge in [-0.25, -0.2) is 9.97 Å². The second-order valence-electron chi connectivity index (χ2n) is 12.3. The molecule has 41 heavy (non-hydrogen) atoms. The van der Waals surface area contributed by atoms with Crippen LogP contribution in [0.3, 0.4) is 0 Å². The summed E-state index contributed by atoms with van der Waals surface area (Å²) in [6.07, 6.45) is 1.16. The molecule has 226 valence electrons. The molecule has 4 rings (SSSR count). The number of aryl methyl sites for hydroxylation is 1. The van der Waals surface area contributed by atoms with Crippen LogP contribution in [0.2, 0.25) is 0 Å². The minimum Gasteiger partial charge on any atom is -0.354 e. The van der Waals surface area contributed by atoms with Crippen LogP contribution in [0.25, 0.3) is 0 Å². The van der Waals surface area contributed by atoms with Crippen LogP contribution < -0.4 is 4.90 Å². The Balaban J connectivity index is 0.000000389. The average molecular weight is 604 g/mol. The fourth-order valence-corrected chi connectivity index (χ4v) is 5.46. The Bertz CT molecular complexity index is 1340. The Labute approximate surface area is 249 Å².